The van der Waals surface area contributed by atoms with Gasteiger partial charge in [-0.1, -0.05) is 6.92 Å². The molecule has 19 heavy (non-hydrogen) atoms. The smallest absolute Gasteiger partial charge is 0.343 e. The Kier molecular flexibility index (Phi) is 7.52. The maximum atomic E-state index is 12.5. The minimum absolute atomic E-state index is 0.411. The average molecular weight is 345 g/mol. The van der Waals surface area contributed by atoms with Crippen LogP contribution in [0.3, 0.4) is 0 Å². The van der Waals surface area contributed by atoms with E-state index in [2.05, 4.69) is 4.98 Å². The van der Waals surface area contributed by atoms with E-state index in [-0.39, 0.29) is 0 Å². The zero-order chi connectivity index (χ0) is 14.5. The van der Waals surface area contributed by atoms with Crippen LogP contribution < -0.4 is 0 Å². The third kappa shape index (κ3) is 6.24. The van der Waals surface area contributed by atoms with Crippen molar-refractivity contribution in [2.45, 2.75) is 25.4 Å². The number of hydrogen-bond donors (Lipinski definition) is 2. The highest BCUT2D eigenvalue weighted by molar-refractivity contribution is 7.69. The standard InChI is InChI=1S/C9H18NO5P3S/c1-8(4-5-9-10-6-7-19-9)18(13,14-16(2)11)15-17(3)12/h6-8,11-12H,4-5H2,1-3H3. The summed E-state index contributed by atoms with van der Waals surface area (Å²) in [6.45, 7) is 4.58. The quantitative estimate of drug-likeness (QED) is 0.701. The highest BCUT2D eigenvalue weighted by Crippen LogP contribution is 2.66. The summed E-state index contributed by atoms with van der Waals surface area (Å²) in [5.41, 5.74) is -0.411. The van der Waals surface area contributed by atoms with E-state index in [0.29, 0.717) is 12.8 Å². The van der Waals surface area contributed by atoms with Crippen LogP contribution in [0, 0.1) is 0 Å². The van der Waals surface area contributed by atoms with Crippen LogP contribution in [0.4, 0.5) is 0 Å². The van der Waals surface area contributed by atoms with E-state index in [9.17, 15) is 14.4 Å². The van der Waals surface area contributed by atoms with Gasteiger partial charge in [0.15, 0.2) is 16.8 Å². The van der Waals surface area contributed by atoms with Crippen LogP contribution in [0.1, 0.15) is 18.4 Å². The summed E-state index contributed by atoms with van der Waals surface area (Å²) in [6.07, 6.45) is 2.93. The number of hydrogen-bond acceptors (Lipinski definition) is 7. The van der Waals surface area contributed by atoms with E-state index < -0.39 is 30.0 Å². The van der Waals surface area contributed by atoms with Gasteiger partial charge in [-0.2, -0.15) is 0 Å². The predicted octanol–water partition coefficient (Wildman–Crippen LogP) is 3.56. The van der Waals surface area contributed by atoms with Crippen LogP contribution >= 0.6 is 35.7 Å². The summed E-state index contributed by atoms with van der Waals surface area (Å²) in [6, 6.07) is 0. The fourth-order valence-electron chi connectivity index (χ4n) is 1.37. The molecule has 0 aliphatic carbocycles. The molecule has 1 aromatic heterocycles. The molecule has 0 fully saturated rings. The van der Waals surface area contributed by atoms with Gasteiger partial charge in [0, 0.05) is 31.3 Å². The number of aryl methyl sites for hydroxylation is 1. The van der Waals surface area contributed by atoms with Gasteiger partial charge in [-0.15, -0.1) is 11.3 Å². The third-order valence-corrected chi connectivity index (χ3v) is 8.15. The molecule has 110 valence electrons. The molecule has 10 heteroatoms. The minimum atomic E-state index is -3.51. The Hall–Kier alpha value is 0.560. The molecule has 0 aromatic carbocycles. The van der Waals surface area contributed by atoms with Crippen molar-refractivity contribution in [1.29, 1.82) is 0 Å². The van der Waals surface area contributed by atoms with Gasteiger partial charge in [0.05, 0.1) is 10.7 Å². The van der Waals surface area contributed by atoms with Gasteiger partial charge >= 0.3 is 7.60 Å². The molecule has 6 nitrogen and oxygen atoms in total. The Balaban J connectivity index is 2.65. The van der Waals surface area contributed by atoms with E-state index in [1.54, 1.807) is 13.1 Å². The molecular formula is C9H18NO5P3S. The van der Waals surface area contributed by atoms with Crippen LogP contribution in [0.2, 0.25) is 0 Å². The zero-order valence-electron chi connectivity index (χ0n) is 11.0. The summed E-state index contributed by atoms with van der Waals surface area (Å²) in [5, 5.41) is 2.83. The van der Waals surface area contributed by atoms with Gasteiger partial charge in [-0.3, -0.25) is 13.2 Å². The highest BCUT2D eigenvalue weighted by Gasteiger charge is 2.36. The molecule has 0 radical (unpaired) electrons. The molecule has 0 aliphatic heterocycles. The van der Waals surface area contributed by atoms with Crippen molar-refractivity contribution in [2.24, 2.45) is 0 Å². The molecule has 0 spiro atoms. The fourth-order valence-corrected chi connectivity index (χ4v) is 6.76. The second-order valence-electron chi connectivity index (χ2n) is 3.95. The molecular weight excluding hydrogens is 327 g/mol. The summed E-state index contributed by atoms with van der Waals surface area (Å²) in [4.78, 5) is 22.8. The number of thiazole rings is 1. The van der Waals surface area contributed by atoms with Crippen LogP contribution in [-0.4, -0.2) is 33.8 Å². The van der Waals surface area contributed by atoms with E-state index in [0.717, 1.165) is 5.01 Å². The summed E-state index contributed by atoms with van der Waals surface area (Å²) >= 11 is 1.53. The average Bonchev–Trinajstić information content (AvgIpc) is 2.76. The Morgan fingerprint density at radius 2 is 2.00 bits per heavy atom. The Labute approximate surface area is 119 Å². The van der Waals surface area contributed by atoms with Crippen LogP contribution in [0.5, 0.6) is 0 Å². The SMILES string of the molecule is CC(CCc1nccs1)P(=O)(OP(C)O)OP(C)O. The molecule has 1 aromatic rings. The lowest BCUT2D eigenvalue weighted by Gasteiger charge is -2.25. The van der Waals surface area contributed by atoms with Crippen molar-refractivity contribution in [3.63, 3.8) is 0 Å². The summed E-state index contributed by atoms with van der Waals surface area (Å²) in [5.74, 6) is 0. The predicted molar refractivity (Wildman–Crippen MR) is 79.8 cm³/mol. The maximum Gasteiger partial charge on any atom is 0.343 e. The molecule has 1 heterocycles. The second kappa shape index (κ2) is 8.11. The Morgan fingerprint density at radius 3 is 2.42 bits per heavy atom. The third-order valence-electron chi connectivity index (χ3n) is 2.26. The number of aromatic nitrogens is 1. The molecule has 1 rings (SSSR count). The van der Waals surface area contributed by atoms with Crippen LogP contribution in [0.15, 0.2) is 11.6 Å². The summed E-state index contributed by atoms with van der Waals surface area (Å²) in [7, 11) is -7.12. The van der Waals surface area contributed by atoms with Gasteiger partial charge in [0.2, 0.25) is 0 Å². The van der Waals surface area contributed by atoms with Crippen molar-refractivity contribution < 1.29 is 23.0 Å². The van der Waals surface area contributed by atoms with E-state index in [1.807, 2.05) is 5.38 Å². The second-order valence-corrected chi connectivity index (χ2v) is 10.0. The highest BCUT2D eigenvalue weighted by atomic mass is 32.1. The van der Waals surface area contributed by atoms with Crippen molar-refractivity contribution in [2.75, 3.05) is 13.3 Å². The first-order valence-corrected chi connectivity index (χ1v) is 11.4. The van der Waals surface area contributed by atoms with Crippen molar-refractivity contribution in [1.82, 2.24) is 4.98 Å². The molecule has 0 amide bonds. The van der Waals surface area contributed by atoms with E-state index in [1.165, 1.54) is 24.7 Å². The lowest BCUT2D eigenvalue weighted by atomic mass is 10.2. The maximum absolute atomic E-state index is 12.5. The molecule has 3 atom stereocenters. The molecule has 0 aliphatic rings. The van der Waals surface area contributed by atoms with Gasteiger partial charge < -0.3 is 9.79 Å². The Morgan fingerprint density at radius 1 is 1.42 bits per heavy atom. The van der Waals surface area contributed by atoms with Gasteiger partial charge in [-0.25, -0.2) is 4.98 Å². The zero-order valence-corrected chi connectivity index (χ0v) is 14.5. The number of nitrogens with zero attached hydrogens (tertiary/aromatic N) is 1. The molecule has 0 saturated heterocycles. The minimum Gasteiger partial charge on any atom is -0.350 e. The largest absolute Gasteiger partial charge is 0.350 e. The van der Waals surface area contributed by atoms with Gasteiger partial charge in [-0.05, 0) is 6.42 Å². The van der Waals surface area contributed by atoms with E-state index >= 15 is 0 Å². The molecule has 3 unspecified atom stereocenters. The van der Waals surface area contributed by atoms with Crippen LogP contribution in [0.25, 0.3) is 0 Å². The first kappa shape index (κ1) is 17.6. The van der Waals surface area contributed by atoms with E-state index in [4.69, 9.17) is 8.62 Å². The molecule has 2 N–H and O–H groups in total. The normalized spacial score (nSPS) is 19.6. The lowest BCUT2D eigenvalue weighted by molar-refractivity contribution is 0.364. The topological polar surface area (TPSA) is 88.9 Å². The van der Waals surface area contributed by atoms with Crippen molar-refractivity contribution in [3.05, 3.63) is 16.6 Å². The number of rotatable bonds is 8. The van der Waals surface area contributed by atoms with Gasteiger partial charge in [0.25, 0.3) is 0 Å². The molecule has 0 saturated carbocycles. The molecule has 0 bridgehead atoms. The monoisotopic (exact) mass is 345 g/mol. The first-order chi connectivity index (χ1) is 8.83. The fraction of sp³-hybridized carbons (Fsp3) is 0.667. The first-order valence-electron chi connectivity index (χ1n) is 5.56. The van der Waals surface area contributed by atoms with Crippen LogP contribution in [-0.2, 0) is 19.6 Å². The van der Waals surface area contributed by atoms with Crippen molar-refractivity contribution >= 4 is 35.7 Å². The Bertz CT molecular complexity index is 400. The summed E-state index contributed by atoms with van der Waals surface area (Å²) < 4.78 is 22.7. The van der Waals surface area contributed by atoms with Gasteiger partial charge in [0.1, 0.15) is 0 Å². The lowest BCUT2D eigenvalue weighted by Crippen LogP contribution is -2.08. The van der Waals surface area contributed by atoms with Crippen molar-refractivity contribution in [3.8, 4) is 0 Å².